The molecule has 2 amide bonds. The number of amides is 2. The van der Waals surface area contributed by atoms with Gasteiger partial charge in [0.1, 0.15) is 5.82 Å². The van der Waals surface area contributed by atoms with Gasteiger partial charge in [-0.3, -0.25) is 9.59 Å². The number of nitrogens with zero attached hydrogens (tertiary/aromatic N) is 4. The molecule has 1 aliphatic heterocycles. The van der Waals surface area contributed by atoms with Crippen LogP contribution in [0, 0.1) is 0 Å². The molecule has 2 fully saturated rings. The van der Waals surface area contributed by atoms with Crippen LogP contribution in [0.4, 0.5) is 0 Å². The van der Waals surface area contributed by atoms with Crippen LogP contribution < -0.4 is 5.32 Å². The summed E-state index contributed by atoms with van der Waals surface area (Å²) >= 11 is 1.35. The van der Waals surface area contributed by atoms with E-state index in [-0.39, 0.29) is 17.6 Å². The predicted octanol–water partition coefficient (Wildman–Crippen LogP) is 3.79. The number of carbonyl (C=O) groups is 2. The lowest BCUT2D eigenvalue weighted by atomic mass is 10.1. The lowest BCUT2D eigenvalue weighted by molar-refractivity contribution is -0.118. The summed E-state index contributed by atoms with van der Waals surface area (Å²) < 4.78 is 1.91. The fraction of sp³-hybridized carbons (Fsp3) is 0.360. The lowest BCUT2D eigenvalue weighted by Crippen LogP contribution is -2.27. The molecule has 0 radical (unpaired) electrons. The Labute approximate surface area is 197 Å². The smallest absolute Gasteiger partial charge is 0.253 e. The summed E-state index contributed by atoms with van der Waals surface area (Å²) in [6.07, 6.45) is 4.44. The van der Waals surface area contributed by atoms with Crippen molar-refractivity contribution >= 4 is 23.6 Å². The number of nitrogens with one attached hydrogen (secondary N) is 1. The molecule has 33 heavy (non-hydrogen) atoms. The number of hydrogen-bond donors (Lipinski definition) is 1. The second kappa shape index (κ2) is 9.79. The van der Waals surface area contributed by atoms with Crippen LogP contribution in [0.25, 0.3) is 5.69 Å². The largest absolute Gasteiger partial charge is 0.351 e. The first-order valence-corrected chi connectivity index (χ1v) is 12.5. The van der Waals surface area contributed by atoms with Crippen LogP contribution in [0.2, 0.25) is 0 Å². The van der Waals surface area contributed by atoms with Gasteiger partial charge in [0.05, 0.1) is 11.4 Å². The van der Waals surface area contributed by atoms with E-state index in [1.807, 2.05) is 64.2 Å². The Morgan fingerprint density at radius 3 is 2.42 bits per heavy atom. The topological polar surface area (TPSA) is 80.1 Å². The molecule has 1 N–H and O–H groups in total. The summed E-state index contributed by atoms with van der Waals surface area (Å²) in [6, 6.07) is 17.5. The first kappa shape index (κ1) is 21.7. The Balaban J connectivity index is 1.13. The van der Waals surface area contributed by atoms with Crippen LogP contribution in [0.1, 0.15) is 53.3 Å². The van der Waals surface area contributed by atoms with Gasteiger partial charge in [0.2, 0.25) is 11.1 Å². The first-order valence-electron chi connectivity index (χ1n) is 11.5. The van der Waals surface area contributed by atoms with Gasteiger partial charge >= 0.3 is 0 Å². The highest BCUT2D eigenvalue weighted by atomic mass is 32.2. The Morgan fingerprint density at radius 1 is 1.00 bits per heavy atom. The quantitative estimate of drug-likeness (QED) is 0.517. The van der Waals surface area contributed by atoms with E-state index in [4.69, 9.17) is 4.98 Å². The average Bonchev–Trinajstić information content (AvgIpc) is 3.38. The van der Waals surface area contributed by atoms with Crippen LogP contribution in [0.15, 0.2) is 59.8 Å². The van der Waals surface area contributed by atoms with Gasteiger partial charge in [-0.1, -0.05) is 42.1 Å². The number of thioether (sulfide) groups is 1. The molecule has 1 saturated heterocycles. The molecule has 2 aliphatic rings. The summed E-state index contributed by atoms with van der Waals surface area (Å²) in [5, 5.41) is 8.21. The van der Waals surface area contributed by atoms with Crippen molar-refractivity contribution in [2.75, 3.05) is 18.8 Å². The van der Waals surface area contributed by atoms with Gasteiger partial charge in [0.25, 0.3) is 5.91 Å². The molecule has 3 aromatic rings. The van der Waals surface area contributed by atoms with E-state index in [0.717, 1.165) is 55.8 Å². The maximum atomic E-state index is 12.4. The zero-order valence-electron chi connectivity index (χ0n) is 18.4. The molecule has 0 atom stereocenters. The Kier molecular flexibility index (Phi) is 6.44. The van der Waals surface area contributed by atoms with Gasteiger partial charge in [0, 0.05) is 31.1 Å². The highest BCUT2D eigenvalue weighted by Crippen LogP contribution is 2.40. The minimum absolute atomic E-state index is 0.0683. The molecule has 5 rings (SSSR count). The lowest BCUT2D eigenvalue weighted by Gasteiger charge is -2.15. The third-order valence-electron chi connectivity index (χ3n) is 5.97. The summed E-state index contributed by atoms with van der Waals surface area (Å²) in [5.41, 5.74) is 2.66. The van der Waals surface area contributed by atoms with Crippen LogP contribution in [-0.2, 0) is 11.3 Å². The van der Waals surface area contributed by atoms with E-state index in [2.05, 4.69) is 10.4 Å². The van der Waals surface area contributed by atoms with E-state index in [9.17, 15) is 9.59 Å². The normalized spacial score (nSPS) is 15.6. The molecule has 1 aliphatic carbocycles. The number of rotatable bonds is 8. The minimum Gasteiger partial charge on any atom is -0.351 e. The third kappa shape index (κ3) is 5.27. The van der Waals surface area contributed by atoms with Gasteiger partial charge < -0.3 is 10.2 Å². The van der Waals surface area contributed by atoms with Crippen molar-refractivity contribution in [3.8, 4) is 5.69 Å². The summed E-state index contributed by atoms with van der Waals surface area (Å²) in [4.78, 5) is 31.4. The van der Waals surface area contributed by atoms with Gasteiger partial charge in [-0.05, 0) is 55.5 Å². The number of aromatic nitrogens is 3. The van der Waals surface area contributed by atoms with E-state index in [1.165, 1.54) is 11.8 Å². The van der Waals surface area contributed by atoms with Crippen molar-refractivity contribution in [2.45, 2.75) is 43.3 Å². The van der Waals surface area contributed by atoms with Crippen LogP contribution >= 0.6 is 11.8 Å². The molecule has 170 valence electrons. The van der Waals surface area contributed by atoms with Crippen molar-refractivity contribution < 1.29 is 9.59 Å². The number of likely N-dealkylation sites (tertiary alicyclic amines) is 1. The zero-order valence-corrected chi connectivity index (χ0v) is 19.3. The van der Waals surface area contributed by atoms with E-state index in [0.29, 0.717) is 23.2 Å². The van der Waals surface area contributed by atoms with Crippen LogP contribution in [0.3, 0.4) is 0 Å². The second-order valence-electron chi connectivity index (χ2n) is 8.54. The number of hydrogen-bond acceptors (Lipinski definition) is 5. The molecule has 0 spiro atoms. The van der Waals surface area contributed by atoms with Crippen LogP contribution in [-0.4, -0.2) is 50.3 Å². The molecule has 1 aromatic heterocycles. The Hall–Kier alpha value is -3.13. The van der Waals surface area contributed by atoms with E-state index >= 15 is 0 Å². The molecule has 7 nitrogen and oxygen atoms in total. The summed E-state index contributed by atoms with van der Waals surface area (Å²) in [6.45, 7) is 2.11. The maximum absolute atomic E-state index is 12.4. The minimum atomic E-state index is -0.0683. The molecule has 0 bridgehead atoms. The summed E-state index contributed by atoms with van der Waals surface area (Å²) in [5.74, 6) is 1.72. The molecule has 8 heteroatoms. The SMILES string of the molecule is O=C(CSc1nc(C2CC2)n(-c2ccccc2)n1)NCc1ccc(C(=O)N2CCCC2)cc1. The molecule has 2 aromatic carbocycles. The van der Waals surface area contributed by atoms with Gasteiger partial charge in [0.15, 0.2) is 0 Å². The predicted molar refractivity (Wildman–Crippen MR) is 127 cm³/mol. The molecule has 0 unspecified atom stereocenters. The highest BCUT2D eigenvalue weighted by Gasteiger charge is 2.30. The van der Waals surface area contributed by atoms with Crippen molar-refractivity contribution in [1.29, 1.82) is 0 Å². The van der Waals surface area contributed by atoms with Crippen molar-refractivity contribution in [2.24, 2.45) is 0 Å². The monoisotopic (exact) mass is 461 g/mol. The fourth-order valence-corrected chi connectivity index (χ4v) is 4.64. The molecule has 1 saturated carbocycles. The first-order chi connectivity index (χ1) is 16.2. The van der Waals surface area contributed by atoms with Crippen molar-refractivity contribution in [3.63, 3.8) is 0 Å². The average molecular weight is 462 g/mol. The molecule has 2 heterocycles. The van der Waals surface area contributed by atoms with E-state index in [1.54, 1.807) is 0 Å². The molecular formula is C25H27N5O2S. The molecular weight excluding hydrogens is 434 g/mol. The van der Waals surface area contributed by atoms with E-state index < -0.39 is 0 Å². The summed E-state index contributed by atoms with van der Waals surface area (Å²) in [7, 11) is 0. The number of benzene rings is 2. The van der Waals surface area contributed by atoms with Crippen molar-refractivity contribution in [3.05, 3.63) is 71.5 Å². The second-order valence-corrected chi connectivity index (χ2v) is 9.48. The number of para-hydroxylation sites is 1. The zero-order chi connectivity index (χ0) is 22.6. The number of carbonyl (C=O) groups excluding carboxylic acids is 2. The van der Waals surface area contributed by atoms with Crippen LogP contribution in [0.5, 0.6) is 0 Å². The Bertz CT molecular complexity index is 1120. The maximum Gasteiger partial charge on any atom is 0.253 e. The van der Waals surface area contributed by atoms with Gasteiger partial charge in [-0.25, -0.2) is 9.67 Å². The Morgan fingerprint density at radius 2 is 1.73 bits per heavy atom. The third-order valence-corrected chi connectivity index (χ3v) is 6.81. The highest BCUT2D eigenvalue weighted by molar-refractivity contribution is 7.99. The fourth-order valence-electron chi connectivity index (χ4n) is 3.98. The standard InChI is InChI=1S/C25H27N5O2S/c31-22(26-16-18-8-10-20(11-9-18)24(32)29-14-4-5-15-29)17-33-25-27-23(19-12-13-19)30(28-25)21-6-2-1-3-7-21/h1-3,6-11,19H,4-5,12-17H2,(H,26,31). The van der Waals surface area contributed by atoms with Crippen molar-refractivity contribution in [1.82, 2.24) is 25.0 Å². The van der Waals surface area contributed by atoms with Gasteiger partial charge in [-0.15, -0.1) is 5.10 Å². The van der Waals surface area contributed by atoms with Gasteiger partial charge in [-0.2, -0.15) is 0 Å².